The van der Waals surface area contributed by atoms with E-state index in [1.807, 2.05) is 0 Å². The normalized spacial score (nSPS) is 11.0. The summed E-state index contributed by atoms with van der Waals surface area (Å²) in [5, 5.41) is 26.0. The van der Waals surface area contributed by atoms with E-state index >= 15 is 0 Å². The van der Waals surface area contributed by atoms with E-state index in [9.17, 15) is 19.2 Å². The number of carboxylic acid groups (broad SMARTS) is 3. The third-order valence-corrected chi connectivity index (χ3v) is 4.04. The number of hydrogen-bond donors (Lipinski definition) is 4. The van der Waals surface area contributed by atoms with Gasteiger partial charge in [0.05, 0.1) is 12.8 Å². The third kappa shape index (κ3) is 25.7. The van der Waals surface area contributed by atoms with Crippen molar-refractivity contribution in [3.05, 3.63) is 0 Å². The number of imide groups is 1. The SMILES string of the molecule is CCCCCCCCC(CCCCC)OC(=O)NC(=O)O.O=C(O)CCC(=O)O. The summed E-state index contributed by atoms with van der Waals surface area (Å²) < 4.78 is 5.20. The summed E-state index contributed by atoms with van der Waals surface area (Å²) in [4.78, 5) is 41.0. The van der Waals surface area contributed by atoms with Gasteiger partial charge in [0.1, 0.15) is 6.10 Å². The second kappa shape index (κ2) is 20.4. The van der Waals surface area contributed by atoms with Crippen molar-refractivity contribution in [2.45, 2.75) is 103 Å². The Morgan fingerprint density at radius 2 is 1.14 bits per heavy atom. The first-order valence-corrected chi connectivity index (χ1v) is 10.4. The summed E-state index contributed by atoms with van der Waals surface area (Å²) in [6.45, 7) is 4.32. The number of ether oxygens (including phenoxy) is 1. The standard InChI is InChI=1S/C16H31NO4.C4H6O4/c1-3-5-7-8-9-11-13-14(12-10-6-4-2)21-16(20)17-15(18)19;5-3(6)1-2-4(7)8/h14H,3-13H2,1-2H3,(H,17,20)(H,18,19);1-2H2,(H,5,6)(H,7,8). The van der Waals surface area contributed by atoms with Crippen molar-refractivity contribution in [3.63, 3.8) is 0 Å². The summed E-state index contributed by atoms with van der Waals surface area (Å²) in [7, 11) is 0. The zero-order valence-corrected chi connectivity index (χ0v) is 17.7. The molecular formula is C20H37NO8. The van der Waals surface area contributed by atoms with Crippen LogP contribution in [-0.4, -0.2) is 45.5 Å². The molecule has 0 spiro atoms. The molecule has 9 nitrogen and oxygen atoms in total. The van der Waals surface area contributed by atoms with Gasteiger partial charge < -0.3 is 20.1 Å². The van der Waals surface area contributed by atoms with Gasteiger partial charge in [-0.15, -0.1) is 0 Å². The van der Waals surface area contributed by atoms with Crippen molar-refractivity contribution in [1.29, 1.82) is 0 Å². The number of aliphatic carboxylic acids is 2. The molecule has 0 heterocycles. The summed E-state index contributed by atoms with van der Waals surface area (Å²) in [6, 6.07) is 0. The molecule has 0 aromatic carbocycles. The van der Waals surface area contributed by atoms with Gasteiger partial charge in [-0.25, -0.2) is 14.9 Å². The summed E-state index contributed by atoms with van der Waals surface area (Å²) in [5.41, 5.74) is 0. The number of alkyl carbamates (subject to hydrolysis) is 1. The maximum absolute atomic E-state index is 11.4. The first kappa shape index (κ1) is 28.9. The number of amides is 2. The Kier molecular flexibility index (Phi) is 20.3. The molecule has 0 bridgehead atoms. The Morgan fingerprint density at radius 3 is 1.59 bits per heavy atom. The van der Waals surface area contributed by atoms with E-state index in [0.29, 0.717) is 0 Å². The van der Waals surface area contributed by atoms with Gasteiger partial charge in [0, 0.05) is 0 Å². The van der Waals surface area contributed by atoms with Crippen molar-refractivity contribution in [2.75, 3.05) is 0 Å². The van der Waals surface area contributed by atoms with Gasteiger partial charge in [0.2, 0.25) is 0 Å². The highest BCUT2D eigenvalue weighted by molar-refractivity contribution is 5.86. The van der Waals surface area contributed by atoms with E-state index < -0.39 is 24.1 Å². The molecule has 9 heteroatoms. The molecule has 29 heavy (non-hydrogen) atoms. The average Bonchev–Trinajstić information content (AvgIpc) is 2.62. The Labute approximate surface area is 172 Å². The second-order valence-corrected chi connectivity index (χ2v) is 6.80. The van der Waals surface area contributed by atoms with Crippen LogP contribution in [-0.2, 0) is 14.3 Å². The molecule has 0 rings (SSSR count). The van der Waals surface area contributed by atoms with Gasteiger partial charge in [-0.05, 0) is 25.7 Å². The van der Waals surface area contributed by atoms with Crippen LogP contribution in [0.1, 0.15) is 97.3 Å². The number of carbonyl (C=O) groups excluding carboxylic acids is 1. The lowest BCUT2D eigenvalue weighted by atomic mass is 10.0. The Balaban J connectivity index is 0. The maximum atomic E-state index is 11.4. The molecule has 1 atom stereocenters. The molecule has 0 aromatic heterocycles. The number of unbranched alkanes of at least 4 members (excludes halogenated alkanes) is 7. The molecule has 0 aliphatic rings. The molecule has 0 fully saturated rings. The molecule has 0 saturated heterocycles. The van der Waals surface area contributed by atoms with Crippen LogP contribution < -0.4 is 5.32 Å². The van der Waals surface area contributed by atoms with Gasteiger partial charge >= 0.3 is 24.1 Å². The molecule has 0 saturated carbocycles. The lowest BCUT2D eigenvalue weighted by Crippen LogP contribution is -2.32. The zero-order valence-electron chi connectivity index (χ0n) is 17.7. The predicted octanol–water partition coefficient (Wildman–Crippen LogP) is 5.03. The molecule has 0 aliphatic heterocycles. The van der Waals surface area contributed by atoms with Crippen molar-refractivity contribution in [3.8, 4) is 0 Å². The van der Waals surface area contributed by atoms with Crippen LogP contribution in [0.25, 0.3) is 0 Å². The Hall–Kier alpha value is -2.32. The van der Waals surface area contributed by atoms with E-state index in [-0.39, 0.29) is 18.9 Å². The van der Waals surface area contributed by atoms with Crippen molar-refractivity contribution in [2.24, 2.45) is 0 Å². The highest BCUT2D eigenvalue weighted by Gasteiger charge is 2.15. The first-order valence-electron chi connectivity index (χ1n) is 10.4. The second-order valence-electron chi connectivity index (χ2n) is 6.80. The van der Waals surface area contributed by atoms with Gasteiger partial charge in [-0.2, -0.15) is 0 Å². The van der Waals surface area contributed by atoms with Crippen LogP contribution in [0, 0.1) is 0 Å². The van der Waals surface area contributed by atoms with Crippen LogP contribution in [0.4, 0.5) is 9.59 Å². The topological polar surface area (TPSA) is 150 Å². The van der Waals surface area contributed by atoms with E-state index in [4.69, 9.17) is 20.1 Å². The molecule has 1 unspecified atom stereocenters. The largest absolute Gasteiger partial charge is 0.481 e. The smallest absolute Gasteiger partial charge is 0.416 e. The summed E-state index contributed by atoms with van der Waals surface area (Å²) in [6.07, 6.45) is 9.06. The zero-order chi connectivity index (χ0) is 22.5. The fourth-order valence-corrected chi connectivity index (χ4v) is 2.52. The molecule has 0 aromatic rings. The van der Waals surface area contributed by atoms with Crippen molar-refractivity contribution in [1.82, 2.24) is 5.32 Å². The van der Waals surface area contributed by atoms with Crippen LogP contribution in [0.5, 0.6) is 0 Å². The minimum Gasteiger partial charge on any atom is -0.481 e. The van der Waals surface area contributed by atoms with E-state index in [2.05, 4.69) is 13.8 Å². The van der Waals surface area contributed by atoms with Crippen LogP contribution in [0.3, 0.4) is 0 Å². The maximum Gasteiger partial charge on any atom is 0.416 e. The quantitative estimate of drug-likeness (QED) is 0.270. The van der Waals surface area contributed by atoms with Crippen LogP contribution >= 0.6 is 0 Å². The van der Waals surface area contributed by atoms with Crippen LogP contribution in [0.2, 0.25) is 0 Å². The number of hydrogen-bond acceptors (Lipinski definition) is 5. The van der Waals surface area contributed by atoms with E-state index in [1.54, 1.807) is 5.32 Å². The summed E-state index contributed by atoms with van der Waals surface area (Å²) >= 11 is 0. The lowest BCUT2D eigenvalue weighted by molar-refractivity contribution is -0.143. The highest BCUT2D eigenvalue weighted by atomic mass is 16.6. The monoisotopic (exact) mass is 419 g/mol. The molecule has 2 amide bonds. The fourth-order valence-electron chi connectivity index (χ4n) is 2.52. The Morgan fingerprint density at radius 1 is 0.724 bits per heavy atom. The lowest BCUT2D eigenvalue weighted by Gasteiger charge is -2.17. The highest BCUT2D eigenvalue weighted by Crippen LogP contribution is 2.15. The van der Waals surface area contributed by atoms with Gasteiger partial charge in [-0.1, -0.05) is 58.8 Å². The average molecular weight is 420 g/mol. The minimum atomic E-state index is -1.37. The molecular weight excluding hydrogens is 382 g/mol. The molecule has 0 radical (unpaired) electrons. The fraction of sp³-hybridized carbons (Fsp3) is 0.800. The van der Waals surface area contributed by atoms with Gasteiger partial charge in [-0.3, -0.25) is 9.59 Å². The third-order valence-electron chi connectivity index (χ3n) is 4.04. The summed E-state index contributed by atoms with van der Waals surface area (Å²) in [5.74, 6) is -2.15. The van der Waals surface area contributed by atoms with E-state index in [1.165, 1.54) is 25.7 Å². The van der Waals surface area contributed by atoms with Gasteiger partial charge in [0.25, 0.3) is 0 Å². The number of rotatable bonds is 15. The van der Waals surface area contributed by atoms with Crippen molar-refractivity contribution >= 4 is 24.1 Å². The van der Waals surface area contributed by atoms with Gasteiger partial charge in [0.15, 0.2) is 0 Å². The first-order chi connectivity index (χ1) is 13.7. The van der Waals surface area contributed by atoms with Crippen molar-refractivity contribution < 1.29 is 39.2 Å². The number of carboxylic acids is 2. The molecule has 170 valence electrons. The number of carbonyl (C=O) groups is 4. The predicted molar refractivity (Wildman–Crippen MR) is 108 cm³/mol. The molecule has 0 aliphatic carbocycles. The minimum absolute atomic E-state index is 0.165. The van der Waals surface area contributed by atoms with E-state index in [0.717, 1.165) is 44.9 Å². The molecule has 4 N–H and O–H groups in total. The number of nitrogens with one attached hydrogen (secondary N) is 1. The Bertz CT molecular complexity index is 453. The van der Waals surface area contributed by atoms with Crippen LogP contribution in [0.15, 0.2) is 0 Å².